The predicted molar refractivity (Wildman–Crippen MR) is 101 cm³/mol. The smallest absolute Gasteiger partial charge is 0.145 e. The van der Waals surface area contributed by atoms with Crippen molar-refractivity contribution in [1.29, 1.82) is 0 Å². The molecule has 0 bridgehead atoms. The number of nitrogens with zero attached hydrogens (tertiary/aromatic N) is 2. The van der Waals surface area contributed by atoms with Crippen LogP contribution in [0.25, 0.3) is 27.7 Å². The Kier molecular flexibility index (Phi) is 3.44. The van der Waals surface area contributed by atoms with Crippen molar-refractivity contribution in [1.82, 2.24) is 9.38 Å². The van der Waals surface area contributed by atoms with E-state index in [0.29, 0.717) is 6.10 Å². The second-order valence-corrected chi connectivity index (χ2v) is 6.81. The molecule has 2 aromatic carbocycles. The summed E-state index contributed by atoms with van der Waals surface area (Å²) in [4.78, 5) is 4.89. The van der Waals surface area contributed by atoms with Gasteiger partial charge in [-0.2, -0.15) is 0 Å². The minimum Gasteiger partial charge on any atom is -0.490 e. The summed E-state index contributed by atoms with van der Waals surface area (Å²) in [5, 5.41) is 2.39. The summed E-state index contributed by atoms with van der Waals surface area (Å²) in [6.45, 7) is 0. The monoisotopic (exact) mass is 328 g/mol. The van der Waals surface area contributed by atoms with Crippen LogP contribution in [0.1, 0.15) is 25.7 Å². The van der Waals surface area contributed by atoms with E-state index in [0.717, 1.165) is 22.7 Å². The molecule has 0 N–H and O–H groups in total. The maximum atomic E-state index is 6.15. The number of rotatable bonds is 3. The highest BCUT2D eigenvalue weighted by molar-refractivity contribution is 5.94. The lowest BCUT2D eigenvalue weighted by atomic mass is 10.1. The van der Waals surface area contributed by atoms with E-state index in [4.69, 9.17) is 9.72 Å². The van der Waals surface area contributed by atoms with Gasteiger partial charge in [-0.3, -0.25) is 0 Å². The number of fused-ring (bicyclic) bond motifs is 3. The van der Waals surface area contributed by atoms with Crippen LogP contribution in [0.15, 0.2) is 67.0 Å². The molecular weight excluding hydrogens is 308 g/mol. The van der Waals surface area contributed by atoms with Crippen LogP contribution in [0.2, 0.25) is 0 Å². The van der Waals surface area contributed by atoms with Gasteiger partial charge >= 0.3 is 0 Å². The minimum atomic E-state index is 0.375. The molecule has 0 atom stereocenters. The molecule has 1 saturated carbocycles. The molecule has 0 unspecified atom stereocenters. The molecule has 3 nitrogen and oxygen atoms in total. The summed E-state index contributed by atoms with van der Waals surface area (Å²) in [6, 6.07) is 18.8. The molecule has 2 aromatic heterocycles. The molecule has 0 aliphatic heterocycles. The van der Waals surface area contributed by atoms with Gasteiger partial charge in [0.15, 0.2) is 0 Å². The lowest BCUT2D eigenvalue weighted by Crippen LogP contribution is -2.10. The molecule has 1 aliphatic carbocycles. The van der Waals surface area contributed by atoms with Crippen LogP contribution in [-0.4, -0.2) is 15.5 Å². The first kappa shape index (κ1) is 14.5. The first-order chi connectivity index (χ1) is 12.4. The van der Waals surface area contributed by atoms with Gasteiger partial charge in [-0.15, -0.1) is 0 Å². The van der Waals surface area contributed by atoms with Gasteiger partial charge in [0.2, 0.25) is 0 Å². The Morgan fingerprint density at radius 3 is 2.76 bits per heavy atom. The number of hydrogen-bond donors (Lipinski definition) is 0. The molecular formula is C22H20N2O. The maximum Gasteiger partial charge on any atom is 0.145 e. The quantitative estimate of drug-likeness (QED) is 0.498. The van der Waals surface area contributed by atoms with E-state index in [2.05, 4.69) is 65.3 Å². The van der Waals surface area contributed by atoms with Crippen molar-refractivity contribution >= 4 is 16.4 Å². The summed E-state index contributed by atoms with van der Waals surface area (Å²) in [6.07, 6.45) is 9.45. The molecule has 4 aromatic rings. The molecule has 3 heteroatoms. The number of hydrogen-bond acceptors (Lipinski definition) is 2. The standard InChI is InChI=1S/C22H20N2O/c1-4-11-20-16(6-1)12-13-24-15-21(23-22(20)24)17-7-5-10-19(14-17)25-18-8-2-3-9-18/h1,4-7,10-15,18H,2-3,8-9H2. The zero-order chi connectivity index (χ0) is 16.6. The Labute approximate surface area is 146 Å². The molecule has 0 saturated heterocycles. The molecule has 1 fully saturated rings. The van der Waals surface area contributed by atoms with Gasteiger partial charge < -0.3 is 9.14 Å². The summed E-state index contributed by atoms with van der Waals surface area (Å²) in [5.74, 6) is 0.950. The number of imidazole rings is 1. The van der Waals surface area contributed by atoms with E-state index >= 15 is 0 Å². The molecule has 2 heterocycles. The van der Waals surface area contributed by atoms with Crippen LogP contribution in [0.4, 0.5) is 0 Å². The highest BCUT2D eigenvalue weighted by Gasteiger charge is 2.17. The van der Waals surface area contributed by atoms with Crippen LogP contribution in [0.3, 0.4) is 0 Å². The Bertz CT molecular complexity index is 1040. The fraction of sp³-hybridized carbons (Fsp3) is 0.227. The van der Waals surface area contributed by atoms with Crippen molar-refractivity contribution in [2.24, 2.45) is 0 Å². The van der Waals surface area contributed by atoms with E-state index in [9.17, 15) is 0 Å². The zero-order valence-corrected chi connectivity index (χ0v) is 14.1. The van der Waals surface area contributed by atoms with Crippen LogP contribution in [-0.2, 0) is 0 Å². The maximum absolute atomic E-state index is 6.15. The molecule has 0 amide bonds. The molecule has 0 radical (unpaired) electrons. The Morgan fingerprint density at radius 2 is 1.84 bits per heavy atom. The Hall–Kier alpha value is -2.81. The topological polar surface area (TPSA) is 26.5 Å². The number of pyridine rings is 1. The van der Waals surface area contributed by atoms with Gasteiger partial charge in [0, 0.05) is 23.3 Å². The Morgan fingerprint density at radius 1 is 0.960 bits per heavy atom. The molecule has 1 aliphatic rings. The average Bonchev–Trinajstić information content (AvgIpc) is 3.31. The van der Waals surface area contributed by atoms with Crippen molar-refractivity contribution in [2.75, 3.05) is 0 Å². The van der Waals surface area contributed by atoms with E-state index in [1.54, 1.807) is 0 Å². The van der Waals surface area contributed by atoms with Gasteiger partial charge in [0.1, 0.15) is 11.4 Å². The van der Waals surface area contributed by atoms with Gasteiger partial charge in [-0.25, -0.2) is 4.98 Å². The summed E-state index contributed by atoms with van der Waals surface area (Å²) < 4.78 is 8.25. The molecule has 25 heavy (non-hydrogen) atoms. The minimum absolute atomic E-state index is 0.375. The number of aromatic nitrogens is 2. The number of benzene rings is 2. The lowest BCUT2D eigenvalue weighted by Gasteiger charge is -2.13. The summed E-state index contributed by atoms with van der Waals surface area (Å²) >= 11 is 0. The molecule has 5 rings (SSSR count). The van der Waals surface area contributed by atoms with Crippen LogP contribution in [0, 0.1) is 0 Å². The third kappa shape index (κ3) is 2.66. The van der Waals surface area contributed by atoms with E-state index in [1.807, 2.05) is 6.07 Å². The van der Waals surface area contributed by atoms with Crippen LogP contribution < -0.4 is 4.74 Å². The second-order valence-electron chi connectivity index (χ2n) is 6.81. The first-order valence-electron chi connectivity index (χ1n) is 9.00. The van der Waals surface area contributed by atoms with Gasteiger partial charge in [0.25, 0.3) is 0 Å². The third-order valence-corrected chi connectivity index (χ3v) is 5.08. The second kappa shape index (κ2) is 5.92. The van der Waals surface area contributed by atoms with Gasteiger partial charge in [-0.1, -0.05) is 36.4 Å². The zero-order valence-electron chi connectivity index (χ0n) is 14.1. The van der Waals surface area contributed by atoms with E-state index < -0.39 is 0 Å². The average molecular weight is 328 g/mol. The van der Waals surface area contributed by atoms with Crippen molar-refractivity contribution in [3.63, 3.8) is 0 Å². The van der Waals surface area contributed by atoms with Crippen LogP contribution in [0.5, 0.6) is 5.75 Å². The number of ether oxygens (including phenoxy) is 1. The van der Waals surface area contributed by atoms with Crippen molar-refractivity contribution in [2.45, 2.75) is 31.8 Å². The molecule has 124 valence electrons. The van der Waals surface area contributed by atoms with Crippen molar-refractivity contribution in [3.05, 3.63) is 67.0 Å². The highest BCUT2D eigenvalue weighted by atomic mass is 16.5. The predicted octanol–water partition coefficient (Wildman–Crippen LogP) is 5.48. The fourth-order valence-electron chi connectivity index (χ4n) is 3.78. The summed E-state index contributed by atoms with van der Waals surface area (Å²) in [5.41, 5.74) is 3.08. The normalized spacial score (nSPS) is 15.2. The van der Waals surface area contributed by atoms with E-state index in [-0.39, 0.29) is 0 Å². The Balaban J connectivity index is 1.55. The van der Waals surface area contributed by atoms with Crippen molar-refractivity contribution in [3.8, 4) is 17.0 Å². The van der Waals surface area contributed by atoms with Gasteiger partial charge in [0.05, 0.1) is 11.8 Å². The summed E-state index contributed by atoms with van der Waals surface area (Å²) in [7, 11) is 0. The van der Waals surface area contributed by atoms with Crippen molar-refractivity contribution < 1.29 is 4.74 Å². The SMILES string of the molecule is c1cc(OC2CCCC2)cc(-c2cn3ccc4ccccc4c3n2)c1. The molecule has 0 spiro atoms. The highest BCUT2D eigenvalue weighted by Crippen LogP contribution is 2.29. The third-order valence-electron chi connectivity index (χ3n) is 5.08. The fourth-order valence-corrected chi connectivity index (χ4v) is 3.78. The van der Waals surface area contributed by atoms with Crippen LogP contribution >= 0.6 is 0 Å². The largest absolute Gasteiger partial charge is 0.490 e. The van der Waals surface area contributed by atoms with E-state index in [1.165, 1.54) is 36.5 Å². The lowest BCUT2D eigenvalue weighted by molar-refractivity contribution is 0.210. The van der Waals surface area contributed by atoms with Gasteiger partial charge in [-0.05, 0) is 49.3 Å². The first-order valence-corrected chi connectivity index (χ1v) is 9.00.